The molecule has 0 bridgehead atoms. The summed E-state index contributed by atoms with van der Waals surface area (Å²) in [7, 11) is -3.93. The first kappa shape index (κ1) is 14.2. The number of nitrogens with one attached hydrogen (secondary N) is 1. The van der Waals surface area contributed by atoms with Gasteiger partial charge in [0.1, 0.15) is 6.54 Å². The molecule has 0 amide bonds. The average Bonchev–Trinajstić information content (AvgIpc) is 1.98. The van der Waals surface area contributed by atoms with E-state index in [9.17, 15) is 26.4 Å². The van der Waals surface area contributed by atoms with E-state index in [1.165, 1.54) is 0 Å². The summed E-state index contributed by atoms with van der Waals surface area (Å²) < 4.78 is 58.3. The summed E-state index contributed by atoms with van der Waals surface area (Å²) in [4.78, 5) is 9.97. The van der Waals surface area contributed by atoms with Crippen molar-refractivity contribution >= 4 is 16.0 Å². The van der Waals surface area contributed by atoms with E-state index in [-0.39, 0.29) is 0 Å². The van der Waals surface area contributed by atoms with Crippen LogP contribution in [-0.4, -0.2) is 38.0 Å². The molecular weight excluding hydrogens is 239 g/mol. The van der Waals surface area contributed by atoms with Crippen LogP contribution in [0, 0.1) is 0 Å². The number of carboxylic acids is 1. The third-order valence-corrected chi connectivity index (χ3v) is 2.73. The van der Waals surface area contributed by atoms with Gasteiger partial charge >= 0.3 is 12.1 Å². The van der Waals surface area contributed by atoms with Crippen molar-refractivity contribution in [3.8, 4) is 0 Å². The van der Waals surface area contributed by atoms with Crippen LogP contribution in [0.15, 0.2) is 0 Å². The van der Waals surface area contributed by atoms with Crippen LogP contribution in [-0.2, 0) is 14.8 Å². The van der Waals surface area contributed by atoms with Crippen molar-refractivity contribution in [3.63, 3.8) is 0 Å². The van der Waals surface area contributed by atoms with Crippen LogP contribution < -0.4 is 4.72 Å². The second-order valence-corrected chi connectivity index (χ2v) is 4.68. The molecule has 0 aromatic heterocycles. The molecule has 0 radical (unpaired) electrons. The lowest BCUT2D eigenvalue weighted by Crippen LogP contribution is -2.31. The first-order chi connectivity index (χ1) is 6.62. The monoisotopic (exact) mass is 249 g/mol. The van der Waals surface area contributed by atoms with Gasteiger partial charge in [0.25, 0.3) is 0 Å². The number of sulfonamides is 1. The fourth-order valence-corrected chi connectivity index (χ4v) is 1.72. The predicted molar refractivity (Wildman–Crippen MR) is 44.7 cm³/mol. The molecular formula is C6H10F3NO4S. The molecule has 2 N–H and O–H groups in total. The minimum atomic E-state index is -4.40. The summed E-state index contributed by atoms with van der Waals surface area (Å²) in [6.07, 6.45) is -6.19. The van der Waals surface area contributed by atoms with Crippen LogP contribution in [0.3, 0.4) is 0 Å². The number of aliphatic carboxylic acids is 1. The third kappa shape index (κ3) is 9.47. The van der Waals surface area contributed by atoms with Gasteiger partial charge in [0.15, 0.2) is 0 Å². The Labute approximate surface area is 84.3 Å². The fourth-order valence-electron chi connectivity index (χ4n) is 0.706. The van der Waals surface area contributed by atoms with Crippen molar-refractivity contribution in [2.24, 2.45) is 0 Å². The van der Waals surface area contributed by atoms with Gasteiger partial charge in [-0.15, -0.1) is 0 Å². The van der Waals surface area contributed by atoms with Crippen molar-refractivity contribution < 1.29 is 31.5 Å². The number of carbonyl (C=O) groups is 1. The van der Waals surface area contributed by atoms with Gasteiger partial charge in [-0.25, -0.2) is 13.1 Å². The maximum absolute atomic E-state index is 11.6. The Morgan fingerprint density at radius 3 is 2.27 bits per heavy atom. The highest BCUT2D eigenvalue weighted by atomic mass is 32.2. The van der Waals surface area contributed by atoms with Gasteiger partial charge in [-0.3, -0.25) is 4.79 Å². The molecule has 0 aliphatic carbocycles. The number of rotatable bonds is 6. The number of hydrogen-bond donors (Lipinski definition) is 2. The van der Waals surface area contributed by atoms with Crippen LogP contribution in [0.2, 0.25) is 0 Å². The van der Waals surface area contributed by atoms with E-state index >= 15 is 0 Å². The van der Waals surface area contributed by atoms with Gasteiger partial charge in [-0.05, 0) is 6.42 Å². The Balaban J connectivity index is 3.90. The summed E-state index contributed by atoms with van der Waals surface area (Å²) in [5, 5.41) is 8.12. The van der Waals surface area contributed by atoms with Crippen molar-refractivity contribution in [2.75, 3.05) is 12.3 Å². The van der Waals surface area contributed by atoms with Gasteiger partial charge in [0.05, 0.1) is 5.75 Å². The molecule has 0 saturated carbocycles. The first-order valence-corrected chi connectivity index (χ1v) is 5.53. The van der Waals surface area contributed by atoms with Crippen LogP contribution in [0.4, 0.5) is 13.2 Å². The number of carboxylic acid groups (broad SMARTS) is 1. The molecule has 0 heterocycles. The molecule has 0 aliphatic rings. The largest absolute Gasteiger partial charge is 0.480 e. The molecule has 0 saturated heterocycles. The normalized spacial score (nSPS) is 12.7. The standard InChI is InChI=1S/C6H10F3NO4S/c7-6(8,9)2-1-3-15(13,14)10-4-5(11)12/h10H,1-4H2,(H,11,12). The molecule has 90 valence electrons. The van der Waals surface area contributed by atoms with E-state index in [2.05, 4.69) is 0 Å². The average molecular weight is 249 g/mol. The molecule has 0 aromatic carbocycles. The van der Waals surface area contributed by atoms with Crippen molar-refractivity contribution in [1.82, 2.24) is 4.72 Å². The molecule has 0 aromatic rings. The van der Waals surface area contributed by atoms with E-state index in [1.54, 1.807) is 4.72 Å². The molecule has 0 atom stereocenters. The van der Waals surface area contributed by atoms with E-state index in [0.29, 0.717) is 0 Å². The smallest absolute Gasteiger partial charge is 0.389 e. The molecule has 15 heavy (non-hydrogen) atoms. The van der Waals surface area contributed by atoms with Gasteiger partial charge < -0.3 is 5.11 Å². The van der Waals surface area contributed by atoms with Crippen molar-refractivity contribution in [1.29, 1.82) is 0 Å². The minimum absolute atomic E-state index is 0.585. The maximum atomic E-state index is 11.6. The highest BCUT2D eigenvalue weighted by Crippen LogP contribution is 2.21. The lowest BCUT2D eigenvalue weighted by atomic mass is 10.3. The van der Waals surface area contributed by atoms with Crippen molar-refractivity contribution in [3.05, 3.63) is 0 Å². The maximum Gasteiger partial charge on any atom is 0.389 e. The SMILES string of the molecule is O=C(O)CNS(=O)(=O)CCCC(F)(F)F. The lowest BCUT2D eigenvalue weighted by molar-refractivity contribution is -0.136. The van der Waals surface area contributed by atoms with E-state index in [4.69, 9.17) is 5.11 Å². The zero-order valence-electron chi connectivity index (χ0n) is 7.54. The minimum Gasteiger partial charge on any atom is -0.480 e. The quantitative estimate of drug-likeness (QED) is 0.710. The summed E-state index contributed by atoms with van der Waals surface area (Å²) in [5.41, 5.74) is 0. The van der Waals surface area contributed by atoms with Gasteiger partial charge in [0, 0.05) is 6.42 Å². The zero-order valence-corrected chi connectivity index (χ0v) is 8.36. The lowest BCUT2D eigenvalue weighted by Gasteiger charge is -2.06. The Morgan fingerprint density at radius 1 is 1.33 bits per heavy atom. The number of halogens is 3. The highest BCUT2D eigenvalue weighted by Gasteiger charge is 2.27. The summed E-state index contributed by atoms with van der Waals surface area (Å²) in [6.45, 7) is -0.825. The highest BCUT2D eigenvalue weighted by molar-refractivity contribution is 7.89. The van der Waals surface area contributed by atoms with Crippen molar-refractivity contribution in [2.45, 2.75) is 19.0 Å². The molecule has 0 rings (SSSR count). The summed E-state index contributed by atoms with van der Waals surface area (Å²) in [6, 6.07) is 0. The number of alkyl halides is 3. The fraction of sp³-hybridized carbons (Fsp3) is 0.833. The predicted octanol–water partition coefficient (Wildman–Crippen LogP) is 0.333. The van der Waals surface area contributed by atoms with Crippen LogP contribution in [0.25, 0.3) is 0 Å². The summed E-state index contributed by atoms with van der Waals surface area (Å²) >= 11 is 0. The van der Waals surface area contributed by atoms with Gasteiger partial charge in [-0.2, -0.15) is 13.2 Å². The molecule has 9 heteroatoms. The second-order valence-electron chi connectivity index (χ2n) is 2.75. The molecule has 0 aliphatic heterocycles. The zero-order chi connectivity index (χ0) is 12.1. The van der Waals surface area contributed by atoms with Gasteiger partial charge in [-0.1, -0.05) is 0 Å². The molecule has 5 nitrogen and oxygen atoms in total. The second kappa shape index (κ2) is 5.31. The Hall–Kier alpha value is -0.830. The van der Waals surface area contributed by atoms with E-state index in [0.717, 1.165) is 0 Å². The first-order valence-electron chi connectivity index (χ1n) is 3.88. The van der Waals surface area contributed by atoms with Crippen LogP contribution in [0.1, 0.15) is 12.8 Å². The molecule has 0 spiro atoms. The molecule has 0 unspecified atom stereocenters. The Bertz CT molecular complexity index is 311. The third-order valence-electron chi connectivity index (χ3n) is 1.32. The van der Waals surface area contributed by atoms with E-state index in [1.807, 2.05) is 0 Å². The van der Waals surface area contributed by atoms with Crippen LogP contribution >= 0.6 is 0 Å². The molecule has 0 fully saturated rings. The Morgan fingerprint density at radius 2 is 1.87 bits per heavy atom. The Kier molecular flexibility index (Phi) is 5.01. The van der Waals surface area contributed by atoms with Gasteiger partial charge in [0.2, 0.25) is 10.0 Å². The van der Waals surface area contributed by atoms with Crippen LogP contribution in [0.5, 0.6) is 0 Å². The van der Waals surface area contributed by atoms with E-state index < -0.39 is 47.3 Å². The number of hydrogen-bond acceptors (Lipinski definition) is 3. The topological polar surface area (TPSA) is 83.5 Å². The summed E-state index contributed by atoms with van der Waals surface area (Å²) in [5.74, 6) is -2.13.